The first-order chi connectivity index (χ1) is 12.7. The second-order valence-electron chi connectivity index (χ2n) is 6.45. The third kappa shape index (κ3) is 2.28. The highest BCUT2D eigenvalue weighted by molar-refractivity contribution is 5.58. The molecule has 26 heavy (non-hydrogen) atoms. The molecule has 0 bridgehead atoms. The van der Waals surface area contributed by atoms with E-state index in [9.17, 15) is 0 Å². The van der Waals surface area contributed by atoms with E-state index in [-0.39, 0.29) is 5.92 Å². The Kier molecular flexibility index (Phi) is 3.15. The predicted octanol–water partition coefficient (Wildman–Crippen LogP) is 2.93. The standard InChI is InChI=1S/C19H17N7/c1-13(14-3-5-18-20-7-8-25(18)12-14)17-10-21-19-6-4-16(23-26(17)19)15-9-22-24(2)11-15/h3-13H,1-2H3/t13-/m0/s1. The second-order valence-corrected chi connectivity index (χ2v) is 6.45. The Bertz CT molecular complexity index is 1230. The third-order valence-electron chi connectivity index (χ3n) is 4.74. The quantitative estimate of drug-likeness (QED) is 0.505. The average Bonchev–Trinajstić information content (AvgIpc) is 3.38. The number of hydrogen-bond acceptors (Lipinski definition) is 4. The molecule has 0 radical (unpaired) electrons. The normalized spacial score (nSPS) is 12.8. The Balaban J connectivity index is 1.61. The van der Waals surface area contributed by atoms with Crippen molar-refractivity contribution in [2.75, 3.05) is 0 Å². The van der Waals surface area contributed by atoms with Crippen molar-refractivity contribution in [2.24, 2.45) is 7.05 Å². The van der Waals surface area contributed by atoms with Gasteiger partial charge >= 0.3 is 0 Å². The molecule has 0 aromatic carbocycles. The van der Waals surface area contributed by atoms with E-state index < -0.39 is 0 Å². The van der Waals surface area contributed by atoms with Gasteiger partial charge in [0, 0.05) is 43.3 Å². The van der Waals surface area contributed by atoms with Gasteiger partial charge in [0.05, 0.1) is 23.8 Å². The first-order valence-electron chi connectivity index (χ1n) is 8.45. The lowest BCUT2D eigenvalue weighted by Crippen LogP contribution is -2.05. The Morgan fingerprint density at radius 1 is 0.962 bits per heavy atom. The predicted molar refractivity (Wildman–Crippen MR) is 97.9 cm³/mol. The van der Waals surface area contributed by atoms with E-state index >= 15 is 0 Å². The Morgan fingerprint density at radius 3 is 2.69 bits per heavy atom. The zero-order valence-electron chi connectivity index (χ0n) is 14.5. The minimum atomic E-state index is 0.147. The van der Waals surface area contributed by atoms with Crippen molar-refractivity contribution in [2.45, 2.75) is 12.8 Å². The Labute approximate surface area is 149 Å². The first-order valence-corrected chi connectivity index (χ1v) is 8.45. The summed E-state index contributed by atoms with van der Waals surface area (Å²) in [6.45, 7) is 2.17. The summed E-state index contributed by atoms with van der Waals surface area (Å²) in [5, 5.41) is 9.03. The maximum absolute atomic E-state index is 4.80. The number of aryl methyl sites for hydroxylation is 1. The number of pyridine rings is 1. The summed E-state index contributed by atoms with van der Waals surface area (Å²) in [4.78, 5) is 8.82. The number of imidazole rings is 2. The van der Waals surface area contributed by atoms with Gasteiger partial charge in [-0.25, -0.2) is 14.5 Å². The van der Waals surface area contributed by atoms with E-state index in [4.69, 9.17) is 5.10 Å². The molecule has 0 aliphatic carbocycles. The molecule has 0 N–H and O–H groups in total. The SMILES string of the molecule is C[C@@H](c1ccc2nccn2c1)c1cnc2ccc(-c3cnn(C)c3)nn12. The fourth-order valence-electron chi connectivity index (χ4n) is 3.26. The highest BCUT2D eigenvalue weighted by atomic mass is 15.3. The number of rotatable bonds is 3. The van der Waals surface area contributed by atoms with Crippen LogP contribution in [0.5, 0.6) is 0 Å². The molecule has 5 aromatic rings. The molecule has 0 saturated carbocycles. The molecule has 0 aliphatic rings. The van der Waals surface area contributed by atoms with Crippen LogP contribution in [0.1, 0.15) is 24.1 Å². The van der Waals surface area contributed by atoms with Crippen LogP contribution in [-0.2, 0) is 7.05 Å². The second kappa shape index (κ2) is 5.52. The van der Waals surface area contributed by atoms with Gasteiger partial charge < -0.3 is 4.40 Å². The van der Waals surface area contributed by atoms with Gasteiger partial charge in [-0.3, -0.25) is 4.68 Å². The number of hydrogen-bond donors (Lipinski definition) is 0. The number of aromatic nitrogens is 7. The van der Waals surface area contributed by atoms with Gasteiger partial charge in [-0.1, -0.05) is 13.0 Å². The van der Waals surface area contributed by atoms with Crippen molar-refractivity contribution in [3.8, 4) is 11.3 Å². The number of nitrogens with zero attached hydrogens (tertiary/aromatic N) is 7. The zero-order chi connectivity index (χ0) is 17.7. The van der Waals surface area contributed by atoms with Crippen molar-refractivity contribution in [1.82, 2.24) is 33.8 Å². The van der Waals surface area contributed by atoms with Crippen LogP contribution >= 0.6 is 0 Å². The third-order valence-corrected chi connectivity index (χ3v) is 4.74. The van der Waals surface area contributed by atoms with Crippen LogP contribution in [0.25, 0.3) is 22.6 Å². The molecule has 0 fully saturated rings. The molecule has 0 unspecified atom stereocenters. The van der Waals surface area contributed by atoms with Crippen LogP contribution in [0.15, 0.2) is 61.4 Å². The van der Waals surface area contributed by atoms with Crippen molar-refractivity contribution in [3.63, 3.8) is 0 Å². The van der Waals surface area contributed by atoms with E-state index in [2.05, 4.69) is 34.3 Å². The smallest absolute Gasteiger partial charge is 0.153 e. The molecule has 7 heteroatoms. The van der Waals surface area contributed by atoms with Crippen molar-refractivity contribution >= 4 is 11.3 Å². The molecular formula is C19H17N7. The monoisotopic (exact) mass is 343 g/mol. The summed E-state index contributed by atoms with van der Waals surface area (Å²) >= 11 is 0. The molecule has 5 aromatic heterocycles. The largest absolute Gasteiger partial charge is 0.307 e. The topological polar surface area (TPSA) is 65.3 Å². The summed E-state index contributed by atoms with van der Waals surface area (Å²) < 4.78 is 5.73. The van der Waals surface area contributed by atoms with Gasteiger partial charge in [-0.05, 0) is 23.8 Å². The lowest BCUT2D eigenvalue weighted by Gasteiger charge is -2.12. The van der Waals surface area contributed by atoms with Crippen LogP contribution in [0, 0.1) is 0 Å². The summed E-state index contributed by atoms with van der Waals surface area (Å²) in [6.07, 6.45) is 11.6. The van der Waals surface area contributed by atoms with Gasteiger partial charge in [-0.2, -0.15) is 10.2 Å². The van der Waals surface area contributed by atoms with Gasteiger partial charge in [-0.15, -0.1) is 0 Å². The molecule has 0 saturated heterocycles. The molecule has 0 amide bonds. The highest BCUT2D eigenvalue weighted by Gasteiger charge is 2.16. The lowest BCUT2D eigenvalue weighted by atomic mass is 10.0. The zero-order valence-corrected chi connectivity index (χ0v) is 14.5. The highest BCUT2D eigenvalue weighted by Crippen LogP contribution is 2.26. The molecule has 0 spiro atoms. The van der Waals surface area contributed by atoms with Crippen LogP contribution in [0.3, 0.4) is 0 Å². The maximum atomic E-state index is 4.80. The lowest BCUT2D eigenvalue weighted by molar-refractivity contribution is 0.767. The Morgan fingerprint density at radius 2 is 1.85 bits per heavy atom. The summed E-state index contributed by atoms with van der Waals surface area (Å²) in [6, 6.07) is 8.11. The summed E-state index contributed by atoms with van der Waals surface area (Å²) in [5.74, 6) is 0.147. The van der Waals surface area contributed by atoms with Gasteiger partial charge in [0.25, 0.3) is 0 Å². The molecular weight excluding hydrogens is 326 g/mol. The molecule has 0 aliphatic heterocycles. The van der Waals surface area contributed by atoms with E-state index in [1.54, 1.807) is 10.9 Å². The Hall–Kier alpha value is -3.48. The van der Waals surface area contributed by atoms with Crippen molar-refractivity contribution in [3.05, 3.63) is 72.7 Å². The van der Waals surface area contributed by atoms with Gasteiger partial charge in [0.1, 0.15) is 5.65 Å². The van der Waals surface area contributed by atoms with Crippen LogP contribution < -0.4 is 0 Å². The fourth-order valence-corrected chi connectivity index (χ4v) is 3.26. The van der Waals surface area contributed by atoms with E-state index in [1.807, 2.05) is 59.0 Å². The van der Waals surface area contributed by atoms with E-state index in [1.165, 1.54) is 5.56 Å². The van der Waals surface area contributed by atoms with Crippen LogP contribution in [0.2, 0.25) is 0 Å². The van der Waals surface area contributed by atoms with Gasteiger partial charge in [0.2, 0.25) is 0 Å². The number of fused-ring (bicyclic) bond motifs is 2. The summed E-state index contributed by atoms with van der Waals surface area (Å²) in [5.41, 5.74) is 5.87. The van der Waals surface area contributed by atoms with Crippen LogP contribution in [-0.4, -0.2) is 33.8 Å². The molecule has 5 heterocycles. The minimum Gasteiger partial charge on any atom is -0.307 e. The first kappa shape index (κ1) is 14.8. The van der Waals surface area contributed by atoms with Crippen LogP contribution in [0.4, 0.5) is 0 Å². The van der Waals surface area contributed by atoms with Crippen molar-refractivity contribution < 1.29 is 0 Å². The summed E-state index contributed by atoms with van der Waals surface area (Å²) in [7, 11) is 1.90. The average molecular weight is 343 g/mol. The van der Waals surface area contributed by atoms with E-state index in [0.717, 1.165) is 28.2 Å². The van der Waals surface area contributed by atoms with Crippen molar-refractivity contribution in [1.29, 1.82) is 0 Å². The molecule has 5 rings (SSSR count). The maximum Gasteiger partial charge on any atom is 0.153 e. The van der Waals surface area contributed by atoms with E-state index in [0.29, 0.717) is 0 Å². The van der Waals surface area contributed by atoms with Gasteiger partial charge in [0.15, 0.2) is 5.65 Å². The molecule has 1 atom stereocenters. The molecule has 128 valence electrons. The fraction of sp³-hybridized carbons (Fsp3) is 0.158. The minimum absolute atomic E-state index is 0.147. The molecule has 7 nitrogen and oxygen atoms in total.